The van der Waals surface area contributed by atoms with Crippen LogP contribution in [0.15, 0.2) is 42.5 Å². The van der Waals surface area contributed by atoms with Gasteiger partial charge in [-0.2, -0.15) is 0 Å². The molecule has 8 heteroatoms. The summed E-state index contributed by atoms with van der Waals surface area (Å²) >= 11 is 11.9. The normalized spacial score (nSPS) is 10.3. The quantitative estimate of drug-likeness (QED) is 0.598. The third-order valence-corrected chi connectivity index (χ3v) is 3.96. The Hall–Kier alpha value is -2.28. The van der Waals surface area contributed by atoms with Crippen molar-refractivity contribution < 1.29 is 14.3 Å². The van der Waals surface area contributed by atoms with Crippen molar-refractivity contribution in [3.8, 4) is 0 Å². The molecule has 0 aliphatic carbocycles. The van der Waals surface area contributed by atoms with Gasteiger partial charge >= 0.3 is 0 Å². The Morgan fingerprint density at radius 1 is 1.08 bits per heavy atom. The molecule has 2 aromatic carbocycles. The number of benzene rings is 2. The number of methoxy groups -OCH3 is 1. The van der Waals surface area contributed by atoms with Gasteiger partial charge in [0.05, 0.1) is 23.9 Å². The lowest BCUT2D eigenvalue weighted by Crippen LogP contribution is -2.27. The summed E-state index contributed by atoms with van der Waals surface area (Å²) in [5, 5.41) is 9.39. The van der Waals surface area contributed by atoms with Crippen molar-refractivity contribution in [1.29, 1.82) is 0 Å². The van der Waals surface area contributed by atoms with Gasteiger partial charge in [0.2, 0.25) is 5.91 Å². The van der Waals surface area contributed by atoms with Gasteiger partial charge in [0.25, 0.3) is 5.91 Å². The third kappa shape index (κ3) is 6.22. The maximum atomic E-state index is 12.0. The lowest BCUT2D eigenvalue weighted by molar-refractivity contribution is -0.114. The average Bonchev–Trinajstić information content (AvgIpc) is 2.63. The zero-order valence-corrected chi connectivity index (χ0v) is 15.7. The van der Waals surface area contributed by atoms with Gasteiger partial charge in [0.15, 0.2) is 0 Å². The van der Waals surface area contributed by atoms with Gasteiger partial charge in [0, 0.05) is 29.9 Å². The maximum Gasteiger partial charge on any atom is 0.251 e. The summed E-state index contributed by atoms with van der Waals surface area (Å²) < 4.78 is 4.88. The van der Waals surface area contributed by atoms with Crippen molar-refractivity contribution in [3.05, 3.63) is 58.1 Å². The van der Waals surface area contributed by atoms with Gasteiger partial charge in [-0.15, -0.1) is 0 Å². The van der Waals surface area contributed by atoms with Crippen molar-refractivity contribution in [2.45, 2.75) is 0 Å². The van der Waals surface area contributed by atoms with E-state index in [-0.39, 0.29) is 18.4 Å². The van der Waals surface area contributed by atoms with E-state index < -0.39 is 0 Å². The van der Waals surface area contributed by atoms with E-state index >= 15 is 0 Å². The van der Waals surface area contributed by atoms with E-state index in [1.807, 2.05) is 0 Å². The minimum absolute atomic E-state index is 0.0271. The SMILES string of the molecule is COCCNC(=O)c1ccc(NC(=O)CNc2cc(Cl)ccc2Cl)cc1. The standard InChI is InChI=1S/C18H19Cl2N3O3/c1-26-9-8-21-18(25)12-2-5-14(6-3-12)23-17(24)11-22-16-10-13(19)4-7-15(16)20/h2-7,10,22H,8-9,11H2,1H3,(H,21,25)(H,23,24). The number of amides is 2. The molecule has 0 fully saturated rings. The van der Waals surface area contributed by atoms with Crippen molar-refractivity contribution in [2.75, 3.05) is 37.4 Å². The Balaban J connectivity index is 1.85. The molecule has 0 aliphatic rings. The number of hydrogen-bond donors (Lipinski definition) is 3. The number of anilines is 2. The van der Waals surface area contributed by atoms with Crippen molar-refractivity contribution >= 4 is 46.4 Å². The van der Waals surface area contributed by atoms with Crippen LogP contribution in [0.4, 0.5) is 11.4 Å². The first-order valence-corrected chi connectivity index (χ1v) is 8.61. The van der Waals surface area contributed by atoms with Crippen LogP contribution in [0.2, 0.25) is 10.0 Å². The van der Waals surface area contributed by atoms with Gasteiger partial charge in [-0.3, -0.25) is 9.59 Å². The first-order valence-electron chi connectivity index (χ1n) is 7.85. The smallest absolute Gasteiger partial charge is 0.251 e. The van der Waals surface area contributed by atoms with Gasteiger partial charge in [-0.25, -0.2) is 0 Å². The molecule has 26 heavy (non-hydrogen) atoms. The highest BCUT2D eigenvalue weighted by Gasteiger charge is 2.07. The molecule has 2 amide bonds. The lowest BCUT2D eigenvalue weighted by Gasteiger charge is -2.10. The highest BCUT2D eigenvalue weighted by Crippen LogP contribution is 2.25. The topological polar surface area (TPSA) is 79.5 Å². The van der Waals surface area contributed by atoms with Gasteiger partial charge in [0.1, 0.15) is 0 Å². The summed E-state index contributed by atoms with van der Waals surface area (Å²) in [5.41, 5.74) is 1.67. The number of carbonyl (C=O) groups is 2. The Kier molecular flexibility index (Phi) is 7.72. The molecule has 0 atom stereocenters. The second-order valence-electron chi connectivity index (χ2n) is 5.35. The monoisotopic (exact) mass is 395 g/mol. The Labute approximate surface area is 161 Å². The molecule has 0 unspecified atom stereocenters. The molecule has 3 N–H and O–H groups in total. The van der Waals surface area contributed by atoms with Crippen LogP contribution in [0.3, 0.4) is 0 Å². The molecular formula is C18H19Cl2N3O3. The average molecular weight is 396 g/mol. The zero-order valence-electron chi connectivity index (χ0n) is 14.1. The predicted molar refractivity (Wildman–Crippen MR) is 104 cm³/mol. The molecule has 6 nitrogen and oxygen atoms in total. The molecule has 0 radical (unpaired) electrons. The number of carbonyl (C=O) groups excluding carboxylic acids is 2. The van der Waals surface area contributed by atoms with Crippen LogP contribution in [0.5, 0.6) is 0 Å². The van der Waals surface area contributed by atoms with E-state index in [1.54, 1.807) is 49.6 Å². The highest BCUT2D eigenvalue weighted by molar-refractivity contribution is 6.35. The van der Waals surface area contributed by atoms with E-state index in [1.165, 1.54) is 0 Å². The fourth-order valence-corrected chi connectivity index (χ4v) is 2.44. The molecule has 0 spiro atoms. The number of ether oxygens (including phenoxy) is 1. The highest BCUT2D eigenvalue weighted by atomic mass is 35.5. The second-order valence-corrected chi connectivity index (χ2v) is 6.20. The third-order valence-electron chi connectivity index (χ3n) is 3.39. The lowest BCUT2D eigenvalue weighted by atomic mass is 10.2. The summed E-state index contributed by atoms with van der Waals surface area (Å²) in [7, 11) is 1.57. The van der Waals surface area contributed by atoms with E-state index in [0.29, 0.717) is 40.1 Å². The Morgan fingerprint density at radius 2 is 1.81 bits per heavy atom. The molecule has 138 valence electrons. The summed E-state index contributed by atoms with van der Waals surface area (Å²) in [6, 6.07) is 11.6. The van der Waals surface area contributed by atoms with Crippen LogP contribution in [0.1, 0.15) is 10.4 Å². The van der Waals surface area contributed by atoms with Gasteiger partial charge < -0.3 is 20.7 Å². The van der Waals surface area contributed by atoms with Crippen LogP contribution < -0.4 is 16.0 Å². The van der Waals surface area contributed by atoms with E-state index in [0.717, 1.165) is 0 Å². The summed E-state index contributed by atoms with van der Waals surface area (Å²) in [5.74, 6) is -0.449. The fourth-order valence-electron chi connectivity index (χ4n) is 2.09. The number of halogens is 2. The summed E-state index contributed by atoms with van der Waals surface area (Å²) in [6.07, 6.45) is 0. The maximum absolute atomic E-state index is 12.0. The first-order chi connectivity index (χ1) is 12.5. The van der Waals surface area contributed by atoms with Crippen LogP contribution in [-0.2, 0) is 9.53 Å². The molecule has 0 aliphatic heterocycles. The second kappa shape index (κ2) is 10.0. The minimum atomic E-state index is -0.252. The molecule has 2 rings (SSSR count). The van der Waals surface area contributed by atoms with Crippen LogP contribution in [0, 0.1) is 0 Å². The summed E-state index contributed by atoms with van der Waals surface area (Å²) in [6.45, 7) is 0.911. The first kappa shape index (κ1) is 20.0. The van der Waals surface area contributed by atoms with E-state index in [2.05, 4.69) is 16.0 Å². The predicted octanol–water partition coefficient (Wildman–Crippen LogP) is 3.42. The summed E-state index contributed by atoms with van der Waals surface area (Å²) in [4.78, 5) is 23.9. The van der Waals surface area contributed by atoms with E-state index in [4.69, 9.17) is 27.9 Å². The van der Waals surface area contributed by atoms with Gasteiger partial charge in [-0.05, 0) is 42.5 Å². The Bertz CT molecular complexity index is 767. The number of hydrogen-bond acceptors (Lipinski definition) is 4. The fraction of sp³-hybridized carbons (Fsp3) is 0.222. The molecule has 2 aromatic rings. The van der Waals surface area contributed by atoms with E-state index in [9.17, 15) is 9.59 Å². The van der Waals surface area contributed by atoms with Crippen molar-refractivity contribution in [3.63, 3.8) is 0 Å². The van der Waals surface area contributed by atoms with Crippen LogP contribution in [-0.4, -0.2) is 38.6 Å². The van der Waals surface area contributed by atoms with Crippen molar-refractivity contribution in [2.24, 2.45) is 0 Å². The molecule has 0 saturated heterocycles. The zero-order chi connectivity index (χ0) is 18.9. The van der Waals surface area contributed by atoms with Gasteiger partial charge in [-0.1, -0.05) is 23.2 Å². The Morgan fingerprint density at radius 3 is 2.50 bits per heavy atom. The van der Waals surface area contributed by atoms with Crippen LogP contribution in [0.25, 0.3) is 0 Å². The number of rotatable bonds is 8. The number of nitrogens with one attached hydrogen (secondary N) is 3. The molecular weight excluding hydrogens is 377 g/mol. The molecule has 0 aromatic heterocycles. The molecule has 0 heterocycles. The molecule has 0 saturated carbocycles. The molecule has 0 bridgehead atoms. The largest absolute Gasteiger partial charge is 0.383 e. The van der Waals surface area contributed by atoms with Crippen molar-refractivity contribution in [1.82, 2.24) is 5.32 Å². The van der Waals surface area contributed by atoms with Crippen LogP contribution >= 0.6 is 23.2 Å². The minimum Gasteiger partial charge on any atom is -0.383 e.